The number of rotatable bonds is 10. The number of nitro groups is 1. The number of sulfonamides is 1. The van der Waals surface area contributed by atoms with E-state index in [1.165, 1.54) is 55.6 Å². The van der Waals surface area contributed by atoms with Gasteiger partial charge in [-0.05, 0) is 49.2 Å². The summed E-state index contributed by atoms with van der Waals surface area (Å²) in [5.41, 5.74) is 0.608. The molecule has 3 aromatic carbocycles. The van der Waals surface area contributed by atoms with Crippen LogP contribution in [0.1, 0.15) is 29.8 Å². The Balaban J connectivity index is 1.92. The van der Waals surface area contributed by atoms with E-state index < -0.39 is 20.9 Å². The van der Waals surface area contributed by atoms with Gasteiger partial charge in [0.25, 0.3) is 10.0 Å². The predicted octanol–water partition coefficient (Wildman–Crippen LogP) is 5.32. The second-order valence-corrected chi connectivity index (χ2v) is 9.99. The molecule has 10 nitrogen and oxygen atoms in total. The predicted molar refractivity (Wildman–Crippen MR) is 133 cm³/mol. The zero-order valence-corrected chi connectivity index (χ0v) is 21.0. The molecule has 0 aliphatic heterocycles. The lowest BCUT2D eigenvalue weighted by Crippen LogP contribution is -2.16. The topological polar surface area (TPSA) is 134 Å². The Labute approximate surface area is 209 Å². The molecule has 3 aromatic rings. The largest absolute Gasteiger partial charge is 0.486 e. The zero-order valence-electron chi connectivity index (χ0n) is 20.2. The van der Waals surface area contributed by atoms with Crippen LogP contribution in [0.4, 0.5) is 11.4 Å². The van der Waals surface area contributed by atoms with E-state index in [1.54, 1.807) is 12.1 Å². The van der Waals surface area contributed by atoms with Crippen LogP contribution in [0, 0.1) is 23.0 Å². The molecule has 1 N–H and O–H groups in total. The van der Waals surface area contributed by atoms with Crippen molar-refractivity contribution in [1.82, 2.24) is 0 Å². The van der Waals surface area contributed by atoms with Crippen molar-refractivity contribution >= 4 is 27.4 Å². The van der Waals surface area contributed by atoms with Crippen molar-refractivity contribution in [3.63, 3.8) is 0 Å². The van der Waals surface area contributed by atoms with Gasteiger partial charge in [-0.15, -0.1) is 0 Å². The first kappa shape index (κ1) is 26.5. The monoisotopic (exact) mass is 514 g/mol. The number of nitro benzene ring substituents is 1. The molecule has 0 fully saturated rings. The van der Waals surface area contributed by atoms with Crippen LogP contribution in [0.2, 0.25) is 0 Å². The van der Waals surface area contributed by atoms with Crippen LogP contribution < -0.4 is 14.2 Å². The Morgan fingerprint density at radius 1 is 1.03 bits per heavy atom. The molecule has 0 aliphatic rings. The lowest BCUT2D eigenvalue weighted by molar-refractivity contribution is -0.385. The van der Waals surface area contributed by atoms with E-state index >= 15 is 0 Å². The first-order chi connectivity index (χ1) is 17.0. The van der Waals surface area contributed by atoms with E-state index in [1.807, 2.05) is 20.8 Å². The van der Waals surface area contributed by atoms with Crippen molar-refractivity contribution in [2.75, 3.05) is 18.4 Å². The molecule has 0 unspecified atom stereocenters. The first-order valence-electron chi connectivity index (χ1n) is 10.9. The van der Waals surface area contributed by atoms with E-state index in [2.05, 4.69) is 4.72 Å². The maximum atomic E-state index is 12.8. The summed E-state index contributed by atoms with van der Waals surface area (Å²) in [5.74, 6) is -0.192. The van der Waals surface area contributed by atoms with Crippen LogP contribution in [0.3, 0.4) is 0 Å². The second kappa shape index (κ2) is 11.1. The van der Waals surface area contributed by atoms with Crippen molar-refractivity contribution in [1.29, 1.82) is 0 Å². The van der Waals surface area contributed by atoms with Gasteiger partial charge in [0.1, 0.15) is 11.5 Å². The molecule has 0 atom stereocenters. The van der Waals surface area contributed by atoms with Crippen molar-refractivity contribution in [3.05, 3.63) is 81.9 Å². The van der Waals surface area contributed by atoms with Gasteiger partial charge in [-0.3, -0.25) is 14.8 Å². The highest BCUT2D eigenvalue weighted by atomic mass is 32.2. The van der Waals surface area contributed by atoms with Crippen molar-refractivity contribution in [2.45, 2.75) is 25.7 Å². The van der Waals surface area contributed by atoms with Gasteiger partial charge in [0.05, 0.1) is 34.8 Å². The van der Waals surface area contributed by atoms with Gasteiger partial charge in [0, 0.05) is 12.1 Å². The SMILES string of the molecule is COC(=O)c1cc(Oc2ccc([N+](=O)[O-])c(OCC(C)C)c2)ccc1NS(=O)(=O)c1ccc(C)cc1. The van der Waals surface area contributed by atoms with E-state index in [-0.39, 0.29) is 51.6 Å². The number of aryl methyl sites for hydroxylation is 1. The molecule has 11 heteroatoms. The van der Waals surface area contributed by atoms with Crippen LogP contribution in [0.5, 0.6) is 17.2 Å². The Morgan fingerprint density at radius 2 is 1.67 bits per heavy atom. The van der Waals surface area contributed by atoms with Gasteiger partial charge in [-0.1, -0.05) is 31.5 Å². The standard InChI is InChI=1S/C25H26N2O8S/c1-16(2)15-34-24-14-19(8-12-23(24)27(29)30)35-18-7-11-22(21(13-18)25(28)33-4)26-36(31,32)20-9-5-17(3)6-10-20/h5-14,16,26H,15H2,1-4H3. The lowest BCUT2D eigenvalue weighted by atomic mass is 10.1. The number of esters is 1. The Bertz CT molecular complexity index is 1370. The maximum absolute atomic E-state index is 12.8. The zero-order chi connectivity index (χ0) is 26.5. The quantitative estimate of drug-likeness (QED) is 0.218. The minimum Gasteiger partial charge on any atom is -0.486 e. The number of methoxy groups -OCH3 is 1. The fraction of sp³-hybridized carbons (Fsp3) is 0.240. The molecule has 0 aliphatic carbocycles. The fourth-order valence-corrected chi connectivity index (χ4v) is 4.17. The van der Waals surface area contributed by atoms with E-state index in [0.29, 0.717) is 0 Å². The molecule has 0 saturated carbocycles. The number of nitrogens with zero attached hydrogens (tertiary/aromatic N) is 1. The molecule has 36 heavy (non-hydrogen) atoms. The number of ether oxygens (including phenoxy) is 3. The number of anilines is 1. The summed E-state index contributed by atoms with van der Waals surface area (Å²) < 4.78 is 44.2. The third-order valence-corrected chi connectivity index (χ3v) is 6.29. The summed E-state index contributed by atoms with van der Waals surface area (Å²) in [6.07, 6.45) is 0. The van der Waals surface area contributed by atoms with Gasteiger partial charge in [-0.2, -0.15) is 0 Å². The van der Waals surface area contributed by atoms with E-state index in [0.717, 1.165) is 5.56 Å². The van der Waals surface area contributed by atoms with E-state index in [4.69, 9.17) is 14.2 Å². The molecule has 0 aromatic heterocycles. The number of hydrogen-bond acceptors (Lipinski definition) is 8. The molecule has 0 radical (unpaired) electrons. The Hall–Kier alpha value is -4.12. The van der Waals surface area contributed by atoms with Crippen LogP contribution in [-0.4, -0.2) is 33.0 Å². The molecular formula is C25H26N2O8S. The molecule has 0 spiro atoms. The Kier molecular flexibility index (Phi) is 8.15. The third kappa shape index (κ3) is 6.51. The lowest BCUT2D eigenvalue weighted by Gasteiger charge is -2.14. The average molecular weight is 515 g/mol. The molecule has 3 rings (SSSR count). The van der Waals surface area contributed by atoms with Crippen LogP contribution in [0.25, 0.3) is 0 Å². The molecule has 0 bridgehead atoms. The number of carbonyl (C=O) groups is 1. The van der Waals surface area contributed by atoms with Gasteiger partial charge >= 0.3 is 11.7 Å². The first-order valence-corrected chi connectivity index (χ1v) is 12.4. The molecule has 0 heterocycles. The number of hydrogen-bond donors (Lipinski definition) is 1. The van der Waals surface area contributed by atoms with Crippen molar-refractivity contribution < 1.29 is 32.3 Å². The number of nitrogens with one attached hydrogen (secondary N) is 1. The molecule has 0 amide bonds. The summed E-state index contributed by atoms with van der Waals surface area (Å²) in [5, 5.41) is 11.3. The minimum atomic E-state index is -3.98. The second-order valence-electron chi connectivity index (χ2n) is 8.31. The van der Waals surface area contributed by atoms with Crippen LogP contribution in [0.15, 0.2) is 65.6 Å². The highest BCUT2D eigenvalue weighted by molar-refractivity contribution is 7.92. The highest BCUT2D eigenvalue weighted by Crippen LogP contribution is 2.35. The third-order valence-electron chi connectivity index (χ3n) is 4.91. The van der Waals surface area contributed by atoms with Crippen molar-refractivity contribution in [2.24, 2.45) is 5.92 Å². The van der Waals surface area contributed by atoms with Gasteiger partial charge in [-0.25, -0.2) is 13.2 Å². The Morgan fingerprint density at radius 3 is 2.28 bits per heavy atom. The molecule has 190 valence electrons. The normalized spacial score (nSPS) is 11.1. The molecular weight excluding hydrogens is 488 g/mol. The summed E-state index contributed by atoms with van der Waals surface area (Å²) in [6, 6.07) is 14.4. The van der Waals surface area contributed by atoms with Crippen LogP contribution >= 0.6 is 0 Å². The van der Waals surface area contributed by atoms with E-state index in [9.17, 15) is 23.3 Å². The number of carbonyl (C=O) groups excluding carboxylic acids is 1. The maximum Gasteiger partial charge on any atom is 0.340 e. The summed E-state index contributed by atoms with van der Waals surface area (Å²) in [6.45, 7) is 5.93. The molecule has 0 saturated heterocycles. The minimum absolute atomic E-state index is 0.000528. The number of benzene rings is 3. The smallest absolute Gasteiger partial charge is 0.340 e. The fourth-order valence-electron chi connectivity index (χ4n) is 3.09. The van der Waals surface area contributed by atoms with Gasteiger partial charge in [0.15, 0.2) is 0 Å². The van der Waals surface area contributed by atoms with Gasteiger partial charge < -0.3 is 14.2 Å². The van der Waals surface area contributed by atoms with Gasteiger partial charge in [0.2, 0.25) is 5.75 Å². The summed E-state index contributed by atoms with van der Waals surface area (Å²) in [4.78, 5) is 23.2. The summed E-state index contributed by atoms with van der Waals surface area (Å²) in [7, 11) is -2.81. The van der Waals surface area contributed by atoms with Crippen molar-refractivity contribution in [3.8, 4) is 17.2 Å². The highest BCUT2D eigenvalue weighted by Gasteiger charge is 2.21. The summed E-state index contributed by atoms with van der Waals surface area (Å²) >= 11 is 0. The average Bonchev–Trinajstić information content (AvgIpc) is 2.83. The van der Waals surface area contributed by atoms with Crippen LogP contribution in [-0.2, 0) is 14.8 Å².